The van der Waals surface area contributed by atoms with Gasteiger partial charge in [-0.1, -0.05) is 35.9 Å². The molecule has 1 heterocycles. The van der Waals surface area contributed by atoms with Crippen LogP contribution < -0.4 is 4.74 Å². The molecule has 2 N–H and O–H groups in total. The number of halogens is 1. The number of benzene rings is 2. The second kappa shape index (κ2) is 9.27. The molecule has 0 atom stereocenters. The molecule has 5 nitrogen and oxygen atoms in total. The number of phenols is 1. The second-order valence-corrected chi connectivity index (χ2v) is 7.42. The Kier molecular flexibility index (Phi) is 6.75. The molecule has 0 saturated carbocycles. The highest BCUT2D eigenvalue weighted by atomic mass is 35.5. The number of nitrogens with zero attached hydrogens (tertiary/aromatic N) is 1. The zero-order valence-electron chi connectivity index (χ0n) is 16.5. The molecule has 0 fully saturated rings. The first kappa shape index (κ1) is 21.1. The van der Waals surface area contributed by atoms with Crippen LogP contribution in [0.4, 0.5) is 0 Å². The predicted molar refractivity (Wildman–Crippen MR) is 115 cm³/mol. The van der Waals surface area contributed by atoms with Crippen LogP contribution in [0.1, 0.15) is 33.5 Å². The molecule has 2 aromatic rings. The third kappa shape index (κ3) is 4.70. The molecule has 152 valence electrons. The van der Waals surface area contributed by atoms with Gasteiger partial charge in [0, 0.05) is 23.7 Å². The van der Waals surface area contributed by atoms with Crippen molar-refractivity contribution >= 4 is 29.0 Å². The van der Waals surface area contributed by atoms with Crippen molar-refractivity contribution in [3.8, 4) is 11.5 Å². The number of allylic oxidation sites excluding steroid dienone is 1. The number of aromatic hydroxyl groups is 1. The first-order valence-corrected chi connectivity index (χ1v) is 9.72. The molecule has 0 aliphatic carbocycles. The molecular formula is C23H24ClNO4. The van der Waals surface area contributed by atoms with Gasteiger partial charge in [-0.15, -0.1) is 0 Å². The highest BCUT2D eigenvalue weighted by Gasteiger charge is 2.25. The van der Waals surface area contributed by atoms with Crippen LogP contribution in [0.5, 0.6) is 11.5 Å². The molecule has 0 radical (unpaired) electrons. The van der Waals surface area contributed by atoms with Gasteiger partial charge in [0.2, 0.25) is 0 Å². The standard InChI is InChI=1S/C23H24ClNO4/c1-25-11-9-16(10-12-25)21-17(14-26)13-20(29-2)22(23(21)28)19(27)8-5-15-3-6-18(24)7-4-15/h3-9,13,26,28H,10-12,14H2,1-2H3. The summed E-state index contributed by atoms with van der Waals surface area (Å²) in [5.74, 6) is -0.307. The van der Waals surface area contributed by atoms with E-state index >= 15 is 0 Å². The zero-order valence-corrected chi connectivity index (χ0v) is 17.2. The van der Waals surface area contributed by atoms with Gasteiger partial charge in [0.1, 0.15) is 17.1 Å². The van der Waals surface area contributed by atoms with Gasteiger partial charge in [-0.3, -0.25) is 4.79 Å². The van der Waals surface area contributed by atoms with Crippen molar-refractivity contribution in [2.45, 2.75) is 13.0 Å². The van der Waals surface area contributed by atoms with E-state index in [1.165, 1.54) is 13.2 Å². The van der Waals surface area contributed by atoms with Crippen LogP contribution in [0, 0.1) is 0 Å². The number of ketones is 1. The maximum absolute atomic E-state index is 12.9. The molecule has 29 heavy (non-hydrogen) atoms. The lowest BCUT2D eigenvalue weighted by Crippen LogP contribution is -2.24. The second-order valence-electron chi connectivity index (χ2n) is 6.99. The highest BCUT2D eigenvalue weighted by Crippen LogP contribution is 2.40. The predicted octanol–water partition coefficient (Wildman–Crippen LogP) is 4.16. The zero-order chi connectivity index (χ0) is 21.0. The fraction of sp³-hybridized carbons (Fsp3) is 0.261. The van der Waals surface area contributed by atoms with Crippen molar-refractivity contribution in [1.82, 2.24) is 4.90 Å². The molecule has 1 aliphatic heterocycles. The summed E-state index contributed by atoms with van der Waals surface area (Å²) in [4.78, 5) is 15.1. The van der Waals surface area contributed by atoms with E-state index in [0.29, 0.717) is 16.1 Å². The summed E-state index contributed by atoms with van der Waals surface area (Å²) < 4.78 is 5.35. The number of rotatable bonds is 6. The number of hydrogen-bond donors (Lipinski definition) is 2. The van der Waals surface area contributed by atoms with E-state index in [4.69, 9.17) is 16.3 Å². The Balaban J connectivity index is 2.04. The van der Waals surface area contributed by atoms with E-state index in [-0.39, 0.29) is 29.5 Å². The average Bonchev–Trinajstić information content (AvgIpc) is 2.73. The normalized spacial score (nSPS) is 14.8. The third-order valence-corrected chi connectivity index (χ3v) is 5.27. The molecule has 3 rings (SSSR count). The van der Waals surface area contributed by atoms with E-state index in [1.54, 1.807) is 36.4 Å². The Labute approximate surface area is 175 Å². The SMILES string of the molecule is COc1cc(CO)c(C2=CCN(C)CC2)c(O)c1C(=O)C=Cc1ccc(Cl)cc1. The Morgan fingerprint density at radius 1 is 1.31 bits per heavy atom. The number of methoxy groups -OCH3 is 1. The number of hydrogen-bond acceptors (Lipinski definition) is 5. The van der Waals surface area contributed by atoms with Crippen LogP contribution in [-0.2, 0) is 6.61 Å². The largest absolute Gasteiger partial charge is 0.506 e. The van der Waals surface area contributed by atoms with Crippen LogP contribution in [0.2, 0.25) is 5.02 Å². The lowest BCUT2D eigenvalue weighted by atomic mass is 9.90. The van der Waals surface area contributed by atoms with Gasteiger partial charge in [0.15, 0.2) is 5.78 Å². The summed E-state index contributed by atoms with van der Waals surface area (Å²) in [6, 6.07) is 8.70. The Hall–Kier alpha value is -2.60. The lowest BCUT2D eigenvalue weighted by molar-refractivity contribution is 0.104. The van der Waals surface area contributed by atoms with Gasteiger partial charge in [-0.05, 0) is 54.4 Å². The molecule has 0 aromatic heterocycles. The van der Waals surface area contributed by atoms with Gasteiger partial charge < -0.3 is 19.8 Å². The summed E-state index contributed by atoms with van der Waals surface area (Å²) in [6.07, 6.45) is 5.79. The minimum absolute atomic E-state index is 0.0877. The number of likely N-dealkylation sites (N-methyl/N-ethyl adjacent to an activating group) is 1. The monoisotopic (exact) mass is 413 g/mol. The van der Waals surface area contributed by atoms with Crippen molar-refractivity contribution in [2.75, 3.05) is 27.2 Å². The molecule has 6 heteroatoms. The Morgan fingerprint density at radius 3 is 2.62 bits per heavy atom. The number of ether oxygens (including phenoxy) is 1. The summed E-state index contributed by atoms with van der Waals surface area (Å²) in [6.45, 7) is 1.31. The molecule has 0 bridgehead atoms. The quantitative estimate of drug-likeness (QED) is 0.549. The van der Waals surface area contributed by atoms with Crippen LogP contribution >= 0.6 is 11.6 Å². The van der Waals surface area contributed by atoms with Crippen molar-refractivity contribution in [1.29, 1.82) is 0 Å². The molecule has 1 aliphatic rings. The number of aliphatic hydroxyl groups excluding tert-OH is 1. The van der Waals surface area contributed by atoms with Crippen LogP contribution in [-0.4, -0.2) is 48.1 Å². The van der Waals surface area contributed by atoms with Gasteiger partial charge in [-0.2, -0.15) is 0 Å². The average molecular weight is 414 g/mol. The third-order valence-electron chi connectivity index (χ3n) is 5.01. The van der Waals surface area contributed by atoms with Gasteiger partial charge in [-0.25, -0.2) is 0 Å². The van der Waals surface area contributed by atoms with Crippen LogP contribution in [0.3, 0.4) is 0 Å². The minimum atomic E-state index is -0.381. The molecule has 0 amide bonds. The molecule has 2 aromatic carbocycles. The number of carbonyl (C=O) groups is 1. The van der Waals surface area contributed by atoms with Crippen molar-refractivity contribution < 1.29 is 19.7 Å². The van der Waals surface area contributed by atoms with Crippen molar-refractivity contribution in [2.24, 2.45) is 0 Å². The number of phenolic OH excluding ortho intramolecular Hbond substituents is 1. The summed E-state index contributed by atoms with van der Waals surface area (Å²) in [5, 5.41) is 21.5. The number of carbonyl (C=O) groups excluding carboxylic acids is 1. The maximum Gasteiger partial charge on any atom is 0.193 e. The fourth-order valence-electron chi connectivity index (χ4n) is 3.41. The molecule has 0 saturated heterocycles. The summed E-state index contributed by atoms with van der Waals surface area (Å²) in [7, 11) is 3.45. The van der Waals surface area contributed by atoms with E-state index < -0.39 is 0 Å². The van der Waals surface area contributed by atoms with Gasteiger partial charge in [0.25, 0.3) is 0 Å². The van der Waals surface area contributed by atoms with E-state index in [0.717, 1.165) is 30.6 Å². The van der Waals surface area contributed by atoms with E-state index in [1.807, 2.05) is 13.1 Å². The van der Waals surface area contributed by atoms with Crippen LogP contribution in [0.15, 0.2) is 42.5 Å². The lowest BCUT2D eigenvalue weighted by Gasteiger charge is -2.25. The highest BCUT2D eigenvalue weighted by molar-refractivity contribution is 6.30. The Bertz CT molecular complexity index is 964. The summed E-state index contributed by atoms with van der Waals surface area (Å²) in [5.41, 5.74) is 2.87. The minimum Gasteiger partial charge on any atom is -0.506 e. The van der Waals surface area contributed by atoms with Crippen molar-refractivity contribution in [3.05, 3.63) is 69.8 Å². The Morgan fingerprint density at radius 2 is 2.03 bits per heavy atom. The van der Waals surface area contributed by atoms with Crippen LogP contribution in [0.25, 0.3) is 11.6 Å². The van der Waals surface area contributed by atoms with E-state index in [9.17, 15) is 15.0 Å². The fourth-order valence-corrected chi connectivity index (χ4v) is 3.53. The van der Waals surface area contributed by atoms with Crippen molar-refractivity contribution in [3.63, 3.8) is 0 Å². The molecule has 0 spiro atoms. The van der Waals surface area contributed by atoms with Gasteiger partial charge in [0.05, 0.1) is 13.7 Å². The summed E-state index contributed by atoms with van der Waals surface area (Å²) >= 11 is 5.89. The van der Waals surface area contributed by atoms with Gasteiger partial charge >= 0.3 is 0 Å². The maximum atomic E-state index is 12.9. The smallest absolute Gasteiger partial charge is 0.193 e. The first-order valence-electron chi connectivity index (χ1n) is 9.34. The topological polar surface area (TPSA) is 70.0 Å². The molecular weight excluding hydrogens is 390 g/mol. The van der Waals surface area contributed by atoms with E-state index in [2.05, 4.69) is 4.90 Å². The first-order chi connectivity index (χ1) is 13.9. The molecule has 0 unspecified atom stereocenters. The number of aliphatic hydroxyl groups is 1.